The molecule has 0 heterocycles. The van der Waals surface area contributed by atoms with Gasteiger partial charge in [0.05, 0.1) is 0 Å². The number of rotatable bonds is 0. The lowest BCUT2D eigenvalue weighted by Crippen LogP contribution is -2.52. The van der Waals surface area contributed by atoms with Gasteiger partial charge in [-0.15, -0.1) is 0 Å². The van der Waals surface area contributed by atoms with Crippen LogP contribution in [0.5, 0.6) is 0 Å². The highest BCUT2D eigenvalue weighted by Gasteiger charge is 2.70. The molecule has 2 saturated carbocycles. The van der Waals surface area contributed by atoms with E-state index >= 15 is 0 Å². The molecule has 4 aliphatic carbocycles. The van der Waals surface area contributed by atoms with Crippen molar-refractivity contribution in [3.8, 4) is 0 Å². The molecule has 90 valence electrons. The molecule has 0 heteroatoms. The third-order valence-electron chi connectivity index (χ3n) is 6.29. The van der Waals surface area contributed by atoms with E-state index in [0.29, 0.717) is 5.41 Å². The van der Waals surface area contributed by atoms with Crippen LogP contribution >= 0.6 is 0 Å². The van der Waals surface area contributed by atoms with Gasteiger partial charge >= 0.3 is 0 Å². The van der Waals surface area contributed by atoms with Crippen molar-refractivity contribution in [3.05, 3.63) is 59.2 Å². The van der Waals surface area contributed by atoms with Crippen LogP contribution in [0.1, 0.15) is 35.4 Å². The predicted octanol–water partition coefficient (Wildman–Crippen LogP) is 4.11. The summed E-state index contributed by atoms with van der Waals surface area (Å²) in [6.45, 7) is 2.30. The van der Waals surface area contributed by atoms with Crippen LogP contribution in [0.15, 0.2) is 42.5 Å². The van der Waals surface area contributed by atoms with Gasteiger partial charge < -0.3 is 0 Å². The molecule has 1 aromatic rings. The Bertz CT molecular complexity index is 606. The smallest absolute Gasteiger partial charge is 0.00648 e. The van der Waals surface area contributed by atoms with Gasteiger partial charge in [-0.05, 0) is 54.2 Å². The summed E-state index contributed by atoms with van der Waals surface area (Å²) >= 11 is 0. The van der Waals surface area contributed by atoms with Crippen molar-refractivity contribution >= 4 is 0 Å². The minimum absolute atomic E-state index is 0.579. The lowest BCUT2D eigenvalue weighted by atomic mass is 9.45. The Labute approximate surface area is 108 Å². The Kier molecular flexibility index (Phi) is 1.50. The van der Waals surface area contributed by atoms with Gasteiger partial charge in [-0.1, -0.05) is 42.5 Å². The van der Waals surface area contributed by atoms with Crippen LogP contribution in [0.4, 0.5) is 0 Å². The van der Waals surface area contributed by atoms with Gasteiger partial charge in [0, 0.05) is 11.3 Å². The van der Waals surface area contributed by atoms with Gasteiger partial charge in [-0.2, -0.15) is 0 Å². The second kappa shape index (κ2) is 2.82. The topological polar surface area (TPSA) is 0 Å². The molecule has 0 nitrogen and oxygen atoms in total. The van der Waals surface area contributed by atoms with Crippen LogP contribution in [-0.4, -0.2) is 0 Å². The lowest BCUT2D eigenvalue weighted by Gasteiger charge is -2.58. The fourth-order valence-electron chi connectivity index (χ4n) is 5.64. The first-order valence-electron chi connectivity index (χ1n) is 7.29. The van der Waals surface area contributed by atoms with Gasteiger partial charge in [-0.3, -0.25) is 0 Å². The minimum atomic E-state index is 0.579. The molecule has 0 saturated heterocycles. The summed E-state index contributed by atoms with van der Waals surface area (Å²) in [7, 11) is 0. The van der Waals surface area contributed by atoms with Crippen LogP contribution in [-0.2, 0) is 5.41 Å². The molecule has 0 aliphatic heterocycles. The average Bonchev–Trinajstić information content (AvgIpc) is 2.47. The van der Waals surface area contributed by atoms with Crippen molar-refractivity contribution in [1.82, 2.24) is 0 Å². The summed E-state index contributed by atoms with van der Waals surface area (Å²) < 4.78 is 0. The Morgan fingerprint density at radius 3 is 2.72 bits per heavy atom. The number of aryl methyl sites for hydroxylation is 1. The summed E-state index contributed by atoms with van der Waals surface area (Å²) in [5.74, 6) is 3.37. The van der Waals surface area contributed by atoms with Crippen molar-refractivity contribution in [1.29, 1.82) is 0 Å². The highest BCUT2D eigenvalue weighted by molar-refractivity contribution is 5.60. The van der Waals surface area contributed by atoms with Crippen molar-refractivity contribution in [3.63, 3.8) is 0 Å². The second-order valence-corrected chi connectivity index (χ2v) is 6.62. The van der Waals surface area contributed by atoms with Crippen LogP contribution in [0, 0.1) is 24.7 Å². The van der Waals surface area contributed by atoms with Gasteiger partial charge in [0.15, 0.2) is 0 Å². The fraction of sp³-hybridized carbons (Fsp3) is 0.444. The van der Waals surface area contributed by atoms with E-state index in [1.165, 1.54) is 18.4 Å². The number of fused-ring (bicyclic) bond motifs is 5. The number of hydrogen-bond acceptors (Lipinski definition) is 0. The average molecular weight is 234 g/mol. The molecule has 0 radical (unpaired) electrons. The summed E-state index contributed by atoms with van der Waals surface area (Å²) in [5.41, 5.74) is 5.52. The molecule has 0 N–H and O–H groups in total. The first-order valence-corrected chi connectivity index (χ1v) is 7.29. The SMILES string of the molecule is Cc1cccc2c1C1C3C=CC=CC3C3CCC231. The molecule has 1 aromatic carbocycles. The van der Waals surface area contributed by atoms with Crippen molar-refractivity contribution in [2.45, 2.75) is 31.1 Å². The zero-order chi connectivity index (χ0) is 11.9. The van der Waals surface area contributed by atoms with E-state index in [2.05, 4.69) is 49.4 Å². The van der Waals surface area contributed by atoms with E-state index in [-0.39, 0.29) is 0 Å². The third kappa shape index (κ3) is 0.774. The van der Waals surface area contributed by atoms with Gasteiger partial charge in [0.1, 0.15) is 0 Å². The van der Waals surface area contributed by atoms with E-state index in [1.54, 1.807) is 11.1 Å². The molecule has 4 aliphatic rings. The van der Waals surface area contributed by atoms with Crippen molar-refractivity contribution in [2.75, 3.05) is 0 Å². The molecule has 0 bridgehead atoms. The third-order valence-corrected chi connectivity index (χ3v) is 6.29. The van der Waals surface area contributed by atoms with E-state index < -0.39 is 0 Å². The maximum Gasteiger partial charge on any atom is 0.00648 e. The largest absolute Gasteiger partial charge is 0.0805 e. The van der Waals surface area contributed by atoms with Crippen LogP contribution in [0.3, 0.4) is 0 Å². The summed E-state index contributed by atoms with van der Waals surface area (Å²) in [6.07, 6.45) is 12.4. The highest BCUT2D eigenvalue weighted by atomic mass is 14.7. The maximum atomic E-state index is 2.49. The Morgan fingerprint density at radius 2 is 1.94 bits per heavy atom. The molecule has 5 atom stereocenters. The zero-order valence-corrected chi connectivity index (χ0v) is 10.8. The van der Waals surface area contributed by atoms with Gasteiger partial charge in [0.25, 0.3) is 0 Å². The second-order valence-electron chi connectivity index (χ2n) is 6.62. The molecule has 5 rings (SSSR count). The van der Waals surface area contributed by atoms with Crippen LogP contribution in [0.25, 0.3) is 0 Å². The standard InChI is InChI=1S/C18H18/c1-11-5-4-8-15-16(11)17-13-7-3-2-6-12(13)14-9-10-18(14,15)17/h2-8,12-14,17H,9-10H2,1H3. The lowest BCUT2D eigenvalue weighted by molar-refractivity contribution is 0.0976. The molecule has 2 fully saturated rings. The summed E-state index contributed by atoms with van der Waals surface area (Å²) in [5, 5.41) is 0. The monoisotopic (exact) mass is 234 g/mol. The molecule has 5 unspecified atom stereocenters. The van der Waals surface area contributed by atoms with Crippen LogP contribution < -0.4 is 0 Å². The van der Waals surface area contributed by atoms with E-state index in [4.69, 9.17) is 0 Å². The van der Waals surface area contributed by atoms with E-state index in [0.717, 1.165) is 23.7 Å². The Balaban J connectivity index is 1.76. The molecule has 18 heavy (non-hydrogen) atoms. The first-order chi connectivity index (χ1) is 8.84. The summed E-state index contributed by atoms with van der Waals surface area (Å²) in [6, 6.07) is 6.98. The van der Waals surface area contributed by atoms with Gasteiger partial charge in [0.2, 0.25) is 0 Å². The minimum Gasteiger partial charge on any atom is -0.0805 e. The quantitative estimate of drug-likeness (QED) is 0.633. The molecular weight excluding hydrogens is 216 g/mol. The predicted molar refractivity (Wildman–Crippen MR) is 73.6 cm³/mol. The Hall–Kier alpha value is -1.30. The molecule has 0 aromatic heterocycles. The van der Waals surface area contributed by atoms with Crippen molar-refractivity contribution in [2.24, 2.45) is 17.8 Å². The van der Waals surface area contributed by atoms with Crippen molar-refractivity contribution < 1.29 is 0 Å². The normalized spacial score (nSPS) is 45.4. The number of allylic oxidation sites excluding steroid dienone is 4. The fourth-order valence-corrected chi connectivity index (χ4v) is 5.64. The zero-order valence-electron chi connectivity index (χ0n) is 10.8. The van der Waals surface area contributed by atoms with Crippen LogP contribution in [0.2, 0.25) is 0 Å². The summed E-state index contributed by atoms with van der Waals surface area (Å²) in [4.78, 5) is 0. The molecular formula is C18H18. The number of benzene rings is 1. The van der Waals surface area contributed by atoms with E-state index in [1.807, 2.05) is 0 Å². The first kappa shape index (κ1) is 9.61. The molecule has 1 spiro atoms. The van der Waals surface area contributed by atoms with Gasteiger partial charge in [-0.25, -0.2) is 0 Å². The Morgan fingerprint density at radius 1 is 1.11 bits per heavy atom. The molecule has 0 amide bonds. The van der Waals surface area contributed by atoms with E-state index in [9.17, 15) is 0 Å². The number of hydrogen-bond donors (Lipinski definition) is 0. The highest BCUT2D eigenvalue weighted by Crippen LogP contribution is 2.76. The maximum absolute atomic E-state index is 2.49.